The number of halogens is 1. The summed E-state index contributed by atoms with van der Waals surface area (Å²) in [6.07, 6.45) is 9.36. The normalized spacial score (nSPS) is 28.4. The van der Waals surface area contributed by atoms with Crippen molar-refractivity contribution in [1.82, 2.24) is 9.88 Å². The predicted octanol–water partition coefficient (Wildman–Crippen LogP) is 5.02. The molecule has 2 saturated heterocycles. The summed E-state index contributed by atoms with van der Waals surface area (Å²) in [5.41, 5.74) is 2.50. The van der Waals surface area contributed by atoms with E-state index in [2.05, 4.69) is 35.9 Å². The van der Waals surface area contributed by atoms with Crippen LogP contribution in [0.25, 0.3) is 0 Å². The Kier molecular flexibility index (Phi) is 5.67. The minimum absolute atomic E-state index is 0.0477. The van der Waals surface area contributed by atoms with Gasteiger partial charge in [0.2, 0.25) is 0 Å². The largest absolute Gasteiger partial charge is 0.372 e. The highest BCUT2D eigenvalue weighted by Crippen LogP contribution is 2.57. The van der Waals surface area contributed by atoms with Gasteiger partial charge in [-0.2, -0.15) is 0 Å². The van der Waals surface area contributed by atoms with Gasteiger partial charge in [0, 0.05) is 47.1 Å². The SMILES string of the molecule is CC1(C)CC([C@]2(CCc3ccc(S(C)(=O)=O)cn3)CCN(C3(c4ccc(Cl)cc4)CC3)C2)O1. The molecule has 1 unspecified atom stereocenters. The second kappa shape index (κ2) is 8.04. The lowest BCUT2D eigenvalue weighted by atomic mass is 9.70. The maximum absolute atomic E-state index is 11.8. The lowest BCUT2D eigenvalue weighted by molar-refractivity contribution is -0.231. The van der Waals surface area contributed by atoms with Crippen molar-refractivity contribution in [2.75, 3.05) is 19.3 Å². The van der Waals surface area contributed by atoms with Gasteiger partial charge in [-0.05, 0) is 82.3 Å². The Morgan fingerprint density at radius 2 is 1.82 bits per heavy atom. The van der Waals surface area contributed by atoms with E-state index in [1.54, 1.807) is 6.07 Å². The number of likely N-dealkylation sites (tertiary alicyclic amines) is 1. The second-order valence-corrected chi connectivity index (χ2v) is 13.4. The van der Waals surface area contributed by atoms with Gasteiger partial charge in [-0.15, -0.1) is 0 Å². The molecule has 5 nitrogen and oxygen atoms in total. The predicted molar refractivity (Wildman–Crippen MR) is 130 cm³/mol. The number of aromatic nitrogens is 1. The first-order valence-electron chi connectivity index (χ1n) is 11.9. The van der Waals surface area contributed by atoms with Crippen molar-refractivity contribution in [3.63, 3.8) is 0 Å². The van der Waals surface area contributed by atoms with Gasteiger partial charge < -0.3 is 4.74 Å². The number of ether oxygens (including phenoxy) is 1. The first-order valence-corrected chi connectivity index (χ1v) is 14.1. The number of hydrogen-bond acceptors (Lipinski definition) is 5. The fourth-order valence-electron chi connectivity index (χ4n) is 5.87. The molecule has 0 amide bonds. The fourth-order valence-corrected chi connectivity index (χ4v) is 6.56. The molecule has 7 heteroatoms. The lowest BCUT2D eigenvalue weighted by Crippen LogP contribution is -2.56. The second-order valence-electron chi connectivity index (χ2n) is 10.9. The summed E-state index contributed by atoms with van der Waals surface area (Å²) in [6, 6.07) is 11.9. The van der Waals surface area contributed by atoms with Gasteiger partial charge in [0.25, 0.3) is 0 Å². The van der Waals surface area contributed by atoms with Gasteiger partial charge >= 0.3 is 0 Å². The van der Waals surface area contributed by atoms with Crippen LogP contribution >= 0.6 is 11.6 Å². The molecule has 2 aromatic rings. The van der Waals surface area contributed by atoms with Crippen molar-refractivity contribution in [3.8, 4) is 0 Å². The van der Waals surface area contributed by atoms with Crippen LogP contribution in [-0.2, 0) is 26.5 Å². The Balaban J connectivity index is 1.34. The summed E-state index contributed by atoms with van der Waals surface area (Å²) in [5, 5.41) is 0.782. The van der Waals surface area contributed by atoms with Crippen LogP contribution in [-0.4, -0.2) is 49.4 Å². The van der Waals surface area contributed by atoms with E-state index in [-0.39, 0.29) is 27.6 Å². The van der Waals surface area contributed by atoms with Crippen LogP contribution in [0.15, 0.2) is 47.5 Å². The van der Waals surface area contributed by atoms with E-state index in [9.17, 15) is 8.42 Å². The molecule has 1 aromatic carbocycles. The van der Waals surface area contributed by atoms with E-state index >= 15 is 0 Å². The number of benzene rings is 1. The van der Waals surface area contributed by atoms with Crippen LogP contribution < -0.4 is 0 Å². The topological polar surface area (TPSA) is 59.5 Å². The molecule has 1 aliphatic carbocycles. The van der Waals surface area contributed by atoms with E-state index in [1.807, 2.05) is 18.2 Å². The zero-order valence-electron chi connectivity index (χ0n) is 19.7. The third-order valence-corrected chi connectivity index (χ3v) is 9.37. The highest BCUT2D eigenvalue weighted by molar-refractivity contribution is 7.90. The van der Waals surface area contributed by atoms with E-state index in [0.717, 1.165) is 49.5 Å². The van der Waals surface area contributed by atoms with Crippen molar-refractivity contribution >= 4 is 21.4 Å². The summed E-state index contributed by atoms with van der Waals surface area (Å²) in [5.74, 6) is 0. The number of sulfone groups is 1. The zero-order valence-corrected chi connectivity index (χ0v) is 21.3. The fraction of sp³-hybridized carbons (Fsp3) is 0.577. The van der Waals surface area contributed by atoms with Gasteiger partial charge in [0.1, 0.15) is 0 Å². The molecule has 2 aliphatic heterocycles. The molecule has 0 radical (unpaired) electrons. The monoisotopic (exact) mass is 488 g/mol. The Morgan fingerprint density at radius 1 is 1.12 bits per heavy atom. The van der Waals surface area contributed by atoms with Crippen LogP contribution in [0.2, 0.25) is 5.02 Å². The van der Waals surface area contributed by atoms with Crippen LogP contribution in [0.5, 0.6) is 0 Å². The van der Waals surface area contributed by atoms with Crippen LogP contribution in [0.3, 0.4) is 0 Å². The van der Waals surface area contributed by atoms with Gasteiger partial charge in [0.05, 0.1) is 16.6 Å². The quantitative estimate of drug-likeness (QED) is 0.547. The number of nitrogens with zero attached hydrogens (tertiary/aromatic N) is 2. The van der Waals surface area contributed by atoms with Gasteiger partial charge in [-0.1, -0.05) is 23.7 Å². The minimum Gasteiger partial charge on any atom is -0.372 e. The van der Waals surface area contributed by atoms with E-state index in [1.165, 1.54) is 30.9 Å². The van der Waals surface area contributed by atoms with E-state index in [0.29, 0.717) is 0 Å². The molecule has 0 bridgehead atoms. The van der Waals surface area contributed by atoms with Gasteiger partial charge in [-0.3, -0.25) is 9.88 Å². The lowest BCUT2D eigenvalue weighted by Gasteiger charge is -2.52. The van der Waals surface area contributed by atoms with Crippen molar-refractivity contribution in [2.24, 2.45) is 5.41 Å². The van der Waals surface area contributed by atoms with Crippen molar-refractivity contribution in [2.45, 2.75) is 74.5 Å². The minimum atomic E-state index is -3.23. The molecule has 2 atom stereocenters. The third kappa shape index (κ3) is 4.47. The highest BCUT2D eigenvalue weighted by Gasteiger charge is 2.58. The molecule has 178 valence electrons. The number of rotatable bonds is 7. The molecule has 5 rings (SSSR count). The van der Waals surface area contributed by atoms with Crippen molar-refractivity contribution in [3.05, 3.63) is 58.9 Å². The summed E-state index contributed by atoms with van der Waals surface area (Å²) >= 11 is 6.15. The summed E-state index contributed by atoms with van der Waals surface area (Å²) < 4.78 is 29.9. The smallest absolute Gasteiger partial charge is 0.177 e. The highest BCUT2D eigenvalue weighted by atomic mass is 35.5. The Bertz CT molecular complexity index is 1120. The average Bonchev–Trinajstić information content (AvgIpc) is 3.44. The van der Waals surface area contributed by atoms with E-state index < -0.39 is 9.84 Å². The molecular formula is C26H33ClN2O3S. The summed E-state index contributed by atoms with van der Waals surface area (Å²) in [4.78, 5) is 7.42. The Labute approximate surface area is 202 Å². The first kappa shape index (κ1) is 23.3. The first-order chi connectivity index (χ1) is 15.5. The number of hydrogen-bond donors (Lipinski definition) is 0. The van der Waals surface area contributed by atoms with Crippen molar-refractivity contribution in [1.29, 1.82) is 0 Å². The van der Waals surface area contributed by atoms with Crippen LogP contribution in [0.4, 0.5) is 0 Å². The molecule has 3 heterocycles. The molecule has 3 fully saturated rings. The van der Waals surface area contributed by atoms with Crippen molar-refractivity contribution < 1.29 is 13.2 Å². The molecule has 33 heavy (non-hydrogen) atoms. The molecular weight excluding hydrogens is 456 g/mol. The van der Waals surface area contributed by atoms with Crippen LogP contribution in [0.1, 0.15) is 57.2 Å². The Hall–Kier alpha value is -1.47. The average molecular weight is 489 g/mol. The van der Waals surface area contributed by atoms with Gasteiger partial charge in [0.15, 0.2) is 9.84 Å². The molecule has 3 aliphatic rings. The number of pyridine rings is 1. The molecule has 0 spiro atoms. The van der Waals surface area contributed by atoms with E-state index in [4.69, 9.17) is 16.3 Å². The zero-order chi connectivity index (χ0) is 23.5. The van der Waals surface area contributed by atoms with Gasteiger partial charge in [-0.25, -0.2) is 8.42 Å². The standard InChI is InChI=1S/C26H33ClN2O3S/c1-24(2)16-23(32-24)25(11-10-21-8-9-22(17-28-21)33(3,30)31)14-15-29(18-25)26(12-13-26)19-4-6-20(27)7-5-19/h4-9,17,23H,10-16,18H2,1-3H3/t23?,25-/m1/s1. The Morgan fingerprint density at radius 3 is 2.36 bits per heavy atom. The molecule has 1 saturated carbocycles. The third-order valence-electron chi connectivity index (χ3n) is 8.02. The van der Waals surface area contributed by atoms with Crippen LogP contribution in [0, 0.1) is 5.41 Å². The summed E-state index contributed by atoms with van der Waals surface area (Å²) in [6.45, 7) is 6.44. The molecule has 1 aromatic heterocycles. The maximum Gasteiger partial charge on any atom is 0.177 e. The summed E-state index contributed by atoms with van der Waals surface area (Å²) in [7, 11) is -3.23. The maximum atomic E-state index is 11.8. The number of aryl methyl sites for hydroxylation is 1. The molecule has 0 N–H and O–H groups in total.